The number of unbranched alkanes of at least 4 members (excludes halogenated alkanes) is 35. The molecule has 0 aliphatic carbocycles. The van der Waals surface area contributed by atoms with Crippen molar-refractivity contribution in [3.8, 4) is 0 Å². The second kappa shape index (κ2) is 45.6. The predicted octanol–water partition coefficient (Wildman–Crippen LogP) is 14.4. The van der Waals surface area contributed by atoms with Gasteiger partial charge in [-0.25, -0.2) is 0 Å². The number of aliphatic hydroxyl groups is 2. The molecule has 1 amide bonds. The van der Waals surface area contributed by atoms with Gasteiger partial charge in [0.2, 0.25) is 5.91 Å². The first-order valence-corrected chi connectivity index (χ1v) is 24.8. The van der Waals surface area contributed by atoms with Crippen molar-refractivity contribution in [3.63, 3.8) is 0 Å². The Morgan fingerprint density at radius 2 is 0.745 bits per heavy atom. The largest absolute Gasteiger partial charge is 0.466 e. The fourth-order valence-corrected chi connectivity index (χ4v) is 7.82. The van der Waals surface area contributed by atoms with E-state index in [4.69, 9.17) is 4.74 Å². The third-order valence-corrected chi connectivity index (χ3v) is 11.7. The molecular weight excluding hydrogens is 683 g/mol. The zero-order chi connectivity index (χ0) is 40.1. The molecule has 3 N–H and O–H groups in total. The second-order valence-electron chi connectivity index (χ2n) is 17.2. The normalized spacial score (nSPS) is 12.6. The average molecular weight is 780 g/mol. The number of carbonyl (C=O) groups excluding carboxylic acids is 2. The van der Waals surface area contributed by atoms with E-state index in [0.29, 0.717) is 25.9 Å². The van der Waals surface area contributed by atoms with Gasteiger partial charge in [0.25, 0.3) is 0 Å². The molecule has 0 spiro atoms. The lowest BCUT2D eigenvalue weighted by Crippen LogP contribution is -2.45. The monoisotopic (exact) mass is 780 g/mol. The summed E-state index contributed by atoms with van der Waals surface area (Å²) in [7, 11) is 0. The molecule has 328 valence electrons. The first kappa shape index (κ1) is 53.9. The van der Waals surface area contributed by atoms with Gasteiger partial charge >= 0.3 is 5.97 Å². The van der Waals surface area contributed by atoms with E-state index < -0.39 is 12.1 Å². The molecule has 6 heteroatoms. The van der Waals surface area contributed by atoms with Crippen LogP contribution in [-0.2, 0) is 14.3 Å². The molecule has 0 radical (unpaired) electrons. The predicted molar refractivity (Wildman–Crippen MR) is 237 cm³/mol. The van der Waals surface area contributed by atoms with Crippen molar-refractivity contribution in [2.75, 3.05) is 13.2 Å². The third kappa shape index (κ3) is 42.3. The molecule has 6 nitrogen and oxygen atoms in total. The Hall–Kier alpha value is -1.14. The topological polar surface area (TPSA) is 95.9 Å². The van der Waals surface area contributed by atoms with Gasteiger partial charge in [-0.05, 0) is 25.7 Å². The minimum Gasteiger partial charge on any atom is -0.466 e. The van der Waals surface area contributed by atoms with E-state index in [-0.39, 0.29) is 18.5 Å². The van der Waals surface area contributed by atoms with Gasteiger partial charge in [0.05, 0.1) is 25.4 Å². The number of hydrogen-bond acceptors (Lipinski definition) is 5. The van der Waals surface area contributed by atoms with Crippen molar-refractivity contribution < 1.29 is 24.5 Å². The fourth-order valence-electron chi connectivity index (χ4n) is 7.82. The molecule has 0 aromatic heterocycles. The van der Waals surface area contributed by atoms with Gasteiger partial charge < -0.3 is 20.3 Å². The maximum Gasteiger partial charge on any atom is 0.305 e. The van der Waals surface area contributed by atoms with Crippen molar-refractivity contribution >= 4 is 11.9 Å². The van der Waals surface area contributed by atoms with Crippen LogP contribution in [0, 0.1) is 0 Å². The van der Waals surface area contributed by atoms with Gasteiger partial charge in [-0.3, -0.25) is 9.59 Å². The van der Waals surface area contributed by atoms with E-state index in [2.05, 4.69) is 19.2 Å². The second-order valence-corrected chi connectivity index (χ2v) is 17.2. The average Bonchev–Trinajstić information content (AvgIpc) is 3.18. The SMILES string of the molecule is CCCCCCCCCCCCCCCCCCC(=O)OCCCCCCCCCCCCCCC(=O)NC(CO)C(O)CCCCCCCCCCCC. The van der Waals surface area contributed by atoms with Crippen molar-refractivity contribution in [2.45, 2.75) is 289 Å². The van der Waals surface area contributed by atoms with Crippen molar-refractivity contribution in [1.29, 1.82) is 0 Å². The zero-order valence-electron chi connectivity index (χ0n) is 37.2. The number of amides is 1. The Morgan fingerprint density at radius 1 is 0.436 bits per heavy atom. The lowest BCUT2D eigenvalue weighted by molar-refractivity contribution is -0.143. The van der Waals surface area contributed by atoms with Crippen molar-refractivity contribution in [2.24, 2.45) is 0 Å². The summed E-state index contributed by atoms with van der Waals surface area (Å²) in [5.41, 5.74) is 0. The van der Waals surface area contributed by atoms with Gasteiger partial charge in [0, 0.05) is 12.8 Å². The molecule has 0 aromatic rings. The number of ether oxygens (including phenoxy) is 1. The summed E-state index contributed by atoms with van der Waals surface area (Å²) in [4.78, 5) is 24.4. The van der Waals surface area contributed by atoms with Crippen molar-refractivity contribution in [3.05, 3.63) is 0 Å². The van der Waals surface area contributed by atoms with Gasteiger partial charge in [-0.2, -0.15) is 0 Å². The quantitative estimate of drug-likeness (QED) is 0.0422. The Balaban J connectivity index is 3.41. The maximum absolute atomic E-state index is 12.4. The number of hydrogen-bond donors (Lipinski definition) is 3. The lowest BCUT2D eigenvalue weighted by atomic mass is 10.0. The minimum absolute atomic E-state index is 0.00572. The summed E-state index contributed by atoms with van der Waals surface area (Å²) in [5, 5.41) is 23.1. The summed E-state index contributed by atoms with van der Waals surface area (Å²) in [5.74, 6) is -0.0567. The van der Waals surface area contributed by atoms with Crippen LogP contribution in [0.15, 0.2) is 0 Å². The molecule has 0 fully saturated rings. The number of nitrogens with one attached hydrogen (secondary N) is 1. The van der Waals surface area contributed by atoms with Crippen LogP contribution in [0.1, 0.15) is 277 Å². The van der Waals surface area contributed by atoms with Crippen LogP contribution in [0.2, 0.25) is 0 Å². The van der Waals surface area contributed by atoms with E-state index in [1.54, 1.807) is 0 Å². The highest BCUT2D eigenvalue weighted by Crippen LogP contribution is 2.17. The smallest absolute Gasteiger partial charge is 0.305 e. The summed E-state index contributed by atoms with van der Waals surface area (Å²) >= 11 is 0. The molecule has 0 saturated heterocycles. The number of aliphatic hydroxyl groups excluding tert-OH is 2. The Bertz CT molecular complexity index is 776. The molecule has 0 aromatic carbocycles. The van der Waals surface area contributed by atoms with Crippen molar-refractivity contribution in [1.82, 2.24) is 5.32 Å². The third-order valence-electron chi connectivity index (χ3n) is 11.7. The number of esters is 1. The molecule has 0 aliphatic rings. The van der Waals surface area contributed by atoms with Crippen LogP contribution in [0.3, 0.4) is 0 Å². The highest BCUT2D eigenvalue weighted by atomic mass is 16.5. The number of rotatable bonds is 46. The summed E-state index contributed by atoms with van der Waals surface area (Å²) in [6, 6.07) is -0.549. The molecule has 0 rings (SSSR count). The Kier molecular flexibility index (Phi) is 44.6. The van der Waals surface area contributed by atoms with Gasteiger partial charge in [-0.1, -0.05) is 239 Å². The molecule has 0 saturated carbocycles. The summed E-state index contributed by atoms with van der Waals surface area (Å²) in [6.45, 7) is 4.91. The Labute approximate surface area is 343 Å². The molecule has 55 heavy (non-hydrogen) atoms. The van der Waals surface area contributed by atoms with Gasteiger partial charge in [0.15, 0.2) is 0 Å². The van der Waals surface area contributed by atoms with Gasteiger partial charge in [0.1, 0.15) is 0 Å². The van der Waals surface area contributed by atoms with Crippen LogP contribution in [0.25, 0.3) is 0 Å². The standard InChI is InChI=1S/C49H97NO5/c1-3-5-7-9-11-13-15-16-17-18-19-23-27-31-35-39-43-49(54)55-44-40-36-32-28-24-21-20-22-26-30-34-38-42-48(53)50-46(45-51)47(52)41-37-33-29-25-14-12-10-8-6-4-2/h46-47,51-52H,3-45H2,1-2H3,(H,50,53). The van der Waals surface area contributed by atoms with Crippen LogP contribution in [-0.4, -0.2) is 47.4 Å². The molecule has 2 atom stereocenters. The van der Waals surface area contributed by atoms with Crippen LogP contribution in [0.4, 0.5) is 0 Å². The van der Waals surface area contributed by atoms with Crippen LogP contribution < -0.4 is 5.32 Å². The summed E-state index contributed by atoms with van der Waals surface area (Å²) in [6.07, 6.45) is 49.2. The summed E-state index contributed by atoms with van der Waals surface area (Å²) < 4.78 is 5.46. The molecule has 0 aliphatic heterocycles. The first-order valence-electron chi connectivity index (χ1n) is 24.8. The molecule has 0 heterocycles. The van der Waals surface area contributed by atoms with E-state index in [1.165, 1.54) is 186 Å². The first-order chi connectivity index (χ1) is 27.0. The van der Waals surface area contributed by atoms with Crippen LogP contribution >= 0.6 is 0 Å². The minimum atomic E-state index is -0.670. The number of carbonyl (C=O) groups is 2. The van der Waals surface area contributed by atoms with E-state index in [1.807, 2.05) is 0 Å². The lowest BCUT2D eigenvalue weighted by Gasteiger charge is -2.22. The highest BCUT2D eigenvalue weighted by Gasteiger charge is 2.20. The Morgan fingerprint density at radius 3 is 1.11 bits per heavy atom. The highest BCUT2D eigenvalue weighted by molar-refractivity contribution is 5.76. The zero-order valence-corrected chi connectivity index (χ0v) is 37.2. The van der Waals surface area contributed by atoms with E-state index in [0.717, 1.165) is 57.8 Å². The fraction of sp³-hybridized carbons (Fsp3) is 0.959. The molecule has 2 unspecified atom stereocenters. The molecule has 0 bridgehead atoms. The van der Waals surface area contributed by atoms with Gasteiger partial charge in [-0.15, -0.1) is 0 Å². The van der Waals surface area contributed by atoms with Crippen LogP contribution in [0.5, 0.6) is 0 Å². The maximum atomic E-state index is 12.4. The molecular formula is C49H97NO5. The van der Waals surface area contributed by atoms with E-state index >= 15 is 0 Å². The van der Waals surface area contributed by atoms with E-state index in [9.17, 15) is 19.8 Å².